The molecule has 0 saturated carbocycles. The van der Waals surface area contributed by atoms with Crippen molar-refractivity contribution in [3.05, 3.63) is 101 Å². The van der Waals surface area contributed by atoms with Crippen LogP contribution < -0.4 is 10.6 Å². The second-order valence-corrected chi connectivity index (χ2v) is 8.07. The summed E-state index contributed by atoms with van der Waals surface area (Å²) in [5.74, 6) is -0.0715. The van der Waals surface area contributed by atoms with E-state index >= 15 is 0 Å². The molecule has 31 heavy (non-hydrogen) atoms. The van der Waals surface area contributed by atoms with Crippen molar-refractivity contribution in [2.45, 2.75) is 25.4 Å². The van der Waals surface area contributed by atoms with E-state index in [1.807, 2.05) is 84.5 Å². The Balaban J connectivity index is 1.52. The summed E-state index contributed by atoms with van der Waals surface area (Å²) in [4.78, 5) is 21.7. The lowest BCUT2D eigenvalue weighted by Gasteiger charge is -2.22. The first-order chi connectivity index (χ1) is 15.2. The number of hydrogen-bond acceptors (Lipinski definition) is 5. The van der Waals surface area contributed by atoms with E-state index in [0.717, 1.165) is 28.1 Å². The zero-order chi connectivity index (χ0) is 21.5. The van der Waals surface area contributed by atoms with E-state index in [0.29, 0.717) is 6.42 Å². The van der Waals surface area contributed by atoms with Crippen LogP contribution in [0.15, 0.2) is 90.0 Å². The van der Waals surface area contributed by atoms with Gasteiger partial charge in [0.15, 0.2) is 0 Å². The van der Waals surface area contributed by atoms with Crippen LogP contribution in [0.1, 0.15) is 24.2 Å². The first-order valence-electron chi connectivity index (χ1n) is 10.2. The van der Waals surface area contributed by atoms with E-state index < -0.39 is 6.04 Å². The predicted molar refractivity (Wildman–Crippen MR) is 126 cm³/mol. The van der Waals surface area contributed by atoms with Crippen LogP contribution in [0.3, 0.4) is 0 Å². The van der Waals surface area contributed by atoms with Crippen molar-refractivity contribution < 1.29 is 4.79 Å². The van der Waals surface area contributed by atoms with Crippen LogP contribution in [0.5, 0.6) is 0 Å². The summed E-state index contributed by atoms with van der Waals surface area (Å²) >= 11 is 1.55. The van der Waals surface area contributed by atoms with Crippen molar-refractivity contribution in [1.82, 2.24) is 15.3 Å². The standard InChI is InChI=1S/C25H24N4OS/c1-18(24-16-31-17-27-24)28-23(14-19-6-3-2-4-7-19)25(30)29-22-9-5-8-21(15-22)20-10-12-26-13-11-20/h2-13,15-18,23,28H,14H2,1H3,(H,29,30)/t18?,23-/m0/s1. The molecule has 0 bridgehead atoms. The molecule has 0 aliphatic rings. The van der Waals surface area contributed by atoms with Gasteiger partial charge in [-0.3, -0.25) is 15.1 Å². The number of hydrogen-bond donors (Lipinski definition) is 2. The number of thiazole rings is 1. The molecule has 6 heteroatoms. The smallest absolute Gasteiger partial charge is 0.241 e. The largest absolute Gasteiger partial charge is 0.325 e. The molecule has 0 aliphatic carbocycles. The zero-order valence-electron chi connectivity index (χ0n) is 17.2. The molecule has 2 heterocycles. The van der Waals surface area contributed by atoms with Gasteiger partial charge in [0.05, 0.1) is 17.2 Å². The van der Waals surface area contributed by atoms with Gasteiger partial charge < -0.3 is 5.32 Å². The number of carbonyl (C=O) groups excluding carboxylic acids is 1. The van der Waals surface area contributed by atoms with Gasteiger partial charge in [-0.15, -0.1) is 11.3 Å². The molecule has 0 saturated heterocycles. The van der Waals surface area contributed by atoms with Gasteiger partial charge in [-0.2, -0.15) is 0 Å². The second-order valence-electron chi connectivity index (χ2n) is 7.35. The van der Waals surface area contributed by atoms with E-state index in [1.54, 1.807) is 23.7 Å². The maximum absolute atomic E-state index is 13.3. The molecule has 5 nitrogen and oxygen atoms in total. The third kappa shape index (κ3) is 5.63. The SMILES string of the molecule is CC(N[C@@H](Cc1ccccc1)C(=O)Nc1cccc(-c2ccncc2)c1)c1cscn1. The van der Waals surface area contributed by atoms with Gasteiger partial charge in [0.2, 0.25) is 5.91 Å². The van der Waals surface area contributed by atoms with Gasteiger partial charge in [-0.1, -0.05) is 42.5 Å². The minimum Gasteiger partial charge on any atom is -0.325 e. The van der Waals surface area contributed by atoms with Crippen molar-refractivity contribution >= 4 is 22.9 Å². The second kappa shape index (κ2) is 10.1. The number of rotatable bonds is 8. The zero-order valence-corrected chi connectivity index (χ0v) is 18.0. The molecule has 2 atom stereocenters. The van der Waals surface area contributed by atoms with Gasteiger partial charge in [0.25, 0.3) is 0 Å². The van der Waals surface area contributed by atoms with Crippen LogP contribution in [0, 0.1) is 0 Å². The highest BCUT2D eigenvalue weighted by molar-refractivity contribution is 7.07. The molecule has 2 N–H and O–H groups in total. The summed E-state index contributed by atoms with van der Waals surface area (Å²) in [5, 5.41) is 8.55. The van der Waals surface area contributed by atoms with E-state index in [-0.39, 0.29) is 11.9 Å². The summed E-state index contributed by atoms with van der Waals surface area (Å²) in [6, 6.07) is 21.4. The average molecular weight is 429 g/mol. The van der Waals surface area contributed by atoms with Gasteiger partial charge in [0.1, 0.15) is 0 Å². The molecule has 0 radical (unpaired) electrons. The first kappa shape index (κ1) is 20.9. The average Bonchev–Trinajstić information content (AvgIpc) is 3.35. The van der Waals surface area contributed by atoms with E-state index in [2.05, 4.69) is 20.6 Å². The van der Waals surface area contributed by atoms with E-state index in [1.165, 1.54) is 0 Å². The number of carbonyl (C=O) groups is 1. The molecule has 4 rings (SSSR count). The number of nitrogens with one attached hydrogen (secondary N) is 2. The van der Waals surface area contributed by atoms with Crippen molar-refractivity contribution in [3.8, 4) is 11.1 Å². The molecule has 156 valence electrons. The maximum Gasteiger partial charge on any atom is 0.241 e. The molecule has 0 fully saturated rings. The Morgan fingerprint density at radius 3 is 2.55 bits per heavy atom. The molecule has 2 aromatic carbocycles. The van der Waals surface area contributed by atoms with Crippen molar-refractivity contribution in [3.63, 3.8) is 0 Å². The highest BCUT2D eigenvalue weighted by Crippen LogP contribution is 2.22. The fourth-order valence-corrected chi connectivity index (χ4v) is 4.10. The molecule has 1 amide bonds. The highest BCUT2D eigenvalue weighted by atomic mass is 32.1. The minimum absolute atomic E-state index is 0.0335. The summed E-state index contributed by atoms with van der Waals surface area (Å²) in [6.07, 6.45) is 4.12. The lowest BCUT2D eigenvalue weighted by atomic mass is 10.0. The Kier molecular flexibility index (Phi) is 6.82. The lowest BCUT2D eigenvalue weighted by Crippen LogP contribution is -2.43. The number of aromatic nitrogens is 2. The summed E-state index contributed by atoms with van der Waals surface area (Å²) in [5.41, 5.74) is 6.71. The highest BCUT2D eigenvalue weighted by Gasteiger charge is 2.22. The Labute approximate surface area is 186 Å². The molecule has 0 aliphatic heterocycles. The molecule has 2 aromatic heterocycles. The normalized spacial score (nSPS) is 12.8. The predicted octanol–water partition coefficient (Wildman–Crippen LogP) is 5.11. The number of nitrogens with zero attached hydrogens (tertiary/aromatic N) is 2. The van der Waals surface area contributed by atoms with Gasteiger partial charge in [-0.25, -0.2) is 4.98 Å². The summed E-state index contributed by atoms with van der Waals surface area (Å²) < 4.78 is 0. The van der Waals surface area contributed by atoms with E-state index in [9.17, 15) is 4.79 Å². The Morgan fingerprint density at radius 1 is 1.00 bits per heavy atom. The maximum atomic E-state index is 13.3. The van der Waals surface area contributed by atoms with E-state index in [4.69, 9.17) is 0 Å². The van der Waals surface area contributed by atoms with Crippen LogP contribution >= 0.6 is 11.3 Å². The van der Waals surface area contributed by atoms with Crippen molar-refractivity contribution in [2.75, 3.05) is 5.32 Å². The fourth-order valence-electron chi connectivity index (χ4n) is 3.45. The first-order valence-corrected chi connectivity index (χ1v) is 11.1. The monoisotopic (exact) mass is 428 g/mol. The van der Waals surface area contributed by atoms with Crippen LogP contribution in [0.2, 0.25) is 0 Å². The molecule has 1 unspecified atom stereocenters. The molecular weight excluding hydrogens is 404 g/mol. The quantitative estimate of drug-likeness (QED) is 0.409. The van der Waals surface area contributed by atoms with Crippen LogP contribution in [-0.2, 0) is 11.2 Å². The molecular formula is C25H24N4OS. The number of anilines is 1. The van der Waals surface area contributed by atoms with Crippen LogP contribution in [-0.4, -0.2) is 21.9 Å². The van der Waals surface area contributed by atoms with Crippen molar-refractivity contribution in [1.29, 1.82) is 0 Å². The topological polar surface area (TPSA) is 66.9 Å². The fraction of sp³-hybridized carbons (Fsp3) is 0.160. The summed E-state index contributed by atoms with van der Waals surface area (Å²) in [6.45, 7) is 2.03. The Morgan fingerprint density at radius 2 is 1.81 bits per heavy atom. The van der Waals surface area contributed by atoms with Gasteiger partial charge in [0, 0.05) is 29.5 Å². The number of benzene rings is 2. The Bertz CT molecular complexity index is 1100. The molecule has 0 spiro atoms. The Hall–Kier alpha value is -3.35. The number of amides is 1. The van der Waals surface area contributed by atoms with Crippen LogP contribution in [0.25, 0.3) is 11.1 Å². The van der Waals surface area contributed by atoms with Gasteiger partial charge >= 0.3 is 0 Å². The summed E-state index contributed by atoms with van der Waals surface area (Å²) in [7, 11) is 0. The lowest BCUT2D eigenvalue weighted by molar-refractivity contribution is -0.118. The molecule has 4 aromatic rings. The van der Waals surface area contributed by atoms with Crippen LogP contribution in [0.4, 0.5) is 5.69 Å². The number of pyridine rings is 1. The minimum atomic E-state index is -0.399. The van der Waals surface area contributed by atoms with Crippen molar-refractivity contribution in [2.24, 2.45) is 0 Å². The third-order valence-electron chi connectivity index (χ3n) is 5.09. The van der Waals surface area contributed by atoms with Gasteiger partial charge in [-0.05, 0) is 54.3 Å². The third-order valence-corrected chi connectivity index (χ3v) is 5.69.